The van der Waals surface area contributed by atoms with E-state index in [-0.39, 0.29) is 59.2 Å². The van der Waals surface area contributed by atoms with Gasteiger partial charge in [0.2, 0.25) is 0 Å². The van der Waals surface area contributed by atoms with Crippen LogP contribution in [-0.2, 0) is 42.1 Å². The first-order chi connectivity index (χ1) is 42.7. The molecule has 0 saturated heterocycles. The van der Waals surface area contributed by atoms with Gasteiger partial charge in [-0.3, -0.25) is 0 Å². The van der Waals surface area contributed by atoms with Crippen LogP contribution in [-0.4, -0.2) is 33.1 Å². The van der Waals surface area contributed by atoms with Gasteiger partial charge in [-0.15, -0.1) is 0 Å². The average molecular weight is 1800 g/mol. The molecule has 0 spiro atoms. The summed E-state index contributed by atoms with van der Waals surface area (Å²) in [4.78, 5) is 0. The fourth-order valence-corrected chi connectivity index (χ4v) is 18.7. The minimum Gasteiger partial charge on any atom is -0.0622 e. The van der Waals surface area contributed by atoms with E-state index in [4.69, 9.17) is 0 Å². The molecule has 0 aliphatic rings. The standard InChI is InChI=1S/4C18H15P.C4H9Se.F6P.2Pt.Se/c4*1-4-10-16(11-5-1)19(17-12-6-2-7-13-17)18-14-8-3-9-15-18;1-2-3-4-5;1-7(2,3,4,5)6;;;/h4*1-15H;2-4H2,1H3;;;;/q;;;;+1;-1;;;. The van der Waals surface area contributed by atoms with E-state index >= 15 is 0 Å². The first-order valence-corrected chi connectivity index (χ1v) is 37.2. The summed E-state index contributed by atoms with van der Waals surface area (Å²) in [5.74, 6) is 0. The van der Waals surface area contributed by atoms with Gasteiger partial charge in [-0.2, -0.15) is 0 Å². The van der Waals surface area contributed by atoms with Crippen LogP contribution in [0.15, 0.2) is 364 Å². The molecule has 0 aromatic heterocycles. The van der Waals surface area contributed by atoms with Gasteiger partial charge in [0.05, 0.1) is 0 Å². The molecule has 12 aromatic carbocycles. The second-order valence-electron chi connectivity index (χ2n) is 19.4. The molecule has 0 amide bonds. The van der Waals surface area contributed by atoms with Crippen molar-refractivity contribution in [3.63, 3.8) is 0 Å². The third-order valence-corrected chi connectivity index (χ3v) is 23.1. The number of benzene rings is 12. The molecule has 4 radical (unpaired) electrons. The largest absolute Gasteiger partial charge is 0.0622 e. The molecule has 0 bridgehead atoms. The normalized spacial score (nSPS) is 11.1. The van der Waals surface area contributed by atoms with Gasteiger partial charge < -0.3 is 0 Å². The summed E-state index contributed by atoms with van der Waals surface area (Å²) < 4.78 is 59.2. The zero-order valence-corrected chi connectivity index (χ0v) is 62.2. The molecule has 91 heavy (non-hydrogen) atoms. The third kappa shape index (κ3) is 29.3. The van der Waals surface area contributed by atoms with Crippen LogP contribution in [0.5, 0.6) is 0 Å². The van der Waals surface area contributed by atoms with Crippen molar-refractivity contribution in [1.82, 2.24) is 0 Å². The summed E-state index contributed by atoms with van der Waals surface area (Å²) in [6.45, 7) is 2.19. The second kappa shape index (κ2) is 40.8. The van der Waals surface area contributed by atoms with Crippen LogP contribution < -0.4 is 63.7 Å². The van der Waals surface area contributed by atoms with Crippen LogP contribution in [0.4, 0.5) is 25.2 Å². The van der Waals surface area contributed by atoms with Gasteiger partial charge >= 0.3 is 74.1 Å². The Labute approximate surface area is 587 Å². The van der Waals surface area contributed by atoms with Crippen molar-refractivity contribution in [2.45, 2.75) is 25.1 Å². The Bertz CT molecular complexity index is 2910. The topological polar surface area (TPSA) is 0 Å². The zero-order valence-electron chi connectivity index (χ0n) is 49.7. The Morgan fingerprint density at radius 2 is 0.319 bits per heavy atom. The zero-order chi connectivity index (χ0) is 62.2. The van der Waals surface area contributed by atoms with Gasteiger partial charge in [-0.25, -0.2) is 0 Å². The summed E-state index contributed by atoms with van der Waals surface area (Å²) in [6, 6.07) is 129. The van der Waals surface area contributed by atoms with E-state index in [1.807, 2.05) is 0 Å². The van der Waals surface area contributed by atoms with Gasteiger partial charge in [0.1, 0.15) is 0 Å². The van der Waals surface area contributed by atoms with Crippen LogP contribution in [0.1, 0.15) is 19.8 Å². The average Bonchev–Trinajstić information content (AvgIpc) is 1.08. The van der Waals surface area contributed by atoms with Crippen molar-refractivity contribution in [2.24, 2.45) is 0 Å². The van der Waals surface area contributed by atoms with Crippen LogP contribution in [0.25, 0.3) is 0 Å². The Balaban J connectivity index is 0.000000242. The predicted molar refractivity (Wildman–Crippen MR) is 385 cm³/mol. The quantitative estimate of drug-likeness (QED) is 0.0578. The molecule has 0 fully saturated rings. The Morgan fingerprint density at radius 1 is 0.231 bits per heavy atom. The Morgan fingerprint density at radius 3 is 0.374 bits per heavy atom. The van der Waals surface area contributed by atoms with Crippen molar-refractivity contribution in [3.05, 3.63) is 364 Å². The second-order valence-corrected chi connectivity index (χ2v) is 31.0. The fourth-order valence-electron chi connectivity index (χ4n) is 8.86. The van der Waals surface area contributed by atoms with E-state index in [9.17, 15) is 25.2 Å². The molecular formula is C76H69F6P5Pt2Se2. The Hall–Kier alpha value is -5.21. The van der Waals surface area contributed by atoms with E-state index in [0.29, 0.717) is 0 Å². The number of rotatable bonds is 14. The first-order valence-electron chi connectivity index (χ1n) is 28.6. The molecule has 0 heterocycles. The van der Waals surface area contributed by atoms with E-state index in [1.54, 1.807) is 0 Å². The van der Waals surface area contributed by atoms with E-state index in [1.165, 1.54) is 81.8 Å². The maximum atomic E-state index is 9.87. The molecule has 0 atom stereocenters. The van der Waals surface area contributed by atoms with Crippen molar-refractivity contribution >= 4 is 136 Å². The van der Waals surface area contributed by atoms with Gasteiger partial charge in [0.25, 0.3) is 0 Å². The Kier molecular flexibility index (Phi) is 35.1. The molecule has 12 aromatic rings. The maximum Gasteiger partial charge on any atom is 0 e. The van der Waals surface area contributed by atoms with Crippen molar-refractivity contribution in [3.8, 4) is 0 Å². The number of halogens is 6. The molecule has 0 aliphatic carbocycles. The van der Waals surface area contributed by atoms with Crippen LogP contribution >= 0.6 is 39.5 Å². The first kappa shape index (κ1) is 78.2. The van der Waals surface area contributed by atoms with Gasteiger partial charge in [-0.05, 0) is 95.3 Å². The molecule has 0 saturated carbocycles. The number of hydrogen-bond acceptors (Lipinski definition) is 0. The molecule has 0 unspecified atom stereocenters. The predicted octanol–water partition coefficient (Wildman–Crippen LogP) is 18.1. The molecule has 0 N–H and O–H groups in total. The number of unbranched alkanes of at least 4 members (excludes halogenated alkanes) is 1. The smallest absolute Gasteiger partial charge is 0 e. The molecule has 0 nitrogen and oxygen atoms in total. The van der Waals surface area contributed by atoms with Crippen LogP contribution in [0, 0.1) is 0 Å². The minimum absolute atomic E-state index is 0. The molecule has 12 rings (SSSR count). The van der Waals surface area contributed by atoms with Gasteiger partial charge in [0, 0.05) is 59.2 Å². The van der Waals surface area contributed by atoms with Gasteiger partial charge in [-0.1, -0.05) is 364 Å². The fraction of sp³-hybridized carbons (Fsp3) is 0.0526. The maximum absolute atomic E-state index is 10.7. The minimum atomic E-state index is -10.7. The van der Waals surface area contributed by atoms with E-state index < -0.39 is 39.5 Å². The summed E-state index contributed by atoms with van der Waals surface area (Å²) in [7, 11) is -12.4. The molecule has 15 heteroatoms. The van der Waals surface area contributed by atoms with Crippen molar-refractivity contribution in [1.29, 1.82) is 0 Å². The monoisotopic (exact) mass is 1800 g/mol. The molecular weight excluding hydrogens is 1730 g/mol. The SMILES string of the molecule is CCCC[Se+].F[P-](F)(F)(F)(F)F.[Pt].[Pt].[Se].c1ccc(P(c2ccccc2)c2ccccc2)cc1.c1ccc(P(c2ccccc2)c2ccccc2)cc1.c1ccc(P(c2ccccc2)c2ccccc2)cc1.c1ccc(P(c2ccccc2)c2ccccc2)cc1. The van der Waals surface area contributed by atoms with Gasteiger partial charge in [0.15, 0.2) is 0 Å². The van der Waals surface area contributed by atoms with Crippen LogP contribution in [0.2, 0.25) is 5.32 Å². The third-order valence-electron chi connectivity index (χ3n) is 12.7. The molecule has 0 aliphatic heterocycles. The van der Waals surface area contributed by atoms with Crippen molar-refractivity contribution in [2.75, 3.05) is 0 Å². The number of hydrogen-bond donors (Lipinski definition) is 0. The van der Waals surface area contributed by atoms with Crippen LogP contribution in [0.3, 0.4) is 0 Å². The summed E-state index contributed by atoms with van der Waals surface area (Å²) in [6.07, 6.45) is 2.65. The summed E-state index contributed by atoms with van der Waals surface area (Å²) >= 11 is 2.94. The summed E-state index contributed by atoms with van der Waals surface area (Å²) in [5, 5.41) is 18.0. The van der Waals surface area contributed by atoms with Crippen molar-refractivity contribution < 1.29 is 67.3 Å². The van der Waals surface area contributed by atoms with E-state index in [2.05, 4.69) is 387 Å². The van der Waals surface area contributed by atoms with E-state index in [0.717, 1.165) is 0 Å². The summed E-state index contributed by atoms with van der Waals surface area (Å²) in [5.41, 5.74) is 0. The molecule has 472 valence electrons.